The van der Waals surface area contributed by atoms with E-state index < -0.39 is 0 Å². The Morgan fingerprint density at radius 1 is 1.41 bits per heavy atom. The summed E-state index contributed by atoms with van der Waals surface area (Å²) in [7, 11) is 0. The smallest absolute Gasteiger partial charge is 0.0593 e. The zero-order chi connectivity index (χ0) is 13.0. The third kappa shape index (κ3) is 3.78. The maximum atomic E-state index is 6.20. The summed E-state index contributed by atoms with van der Waals surface area (Å²) in [6.07, 6.45) is 1.16. The molecule has 2 nitrogen and oxygen atoms in total. The third-order valence-corrected chi connectivity index (χ3v) is 5.02. The molecule has 3 unspecified atom stereocenters. The summed E-state index contributed by atoms with van der Waals surface area (Å²) in [5, 5.41) is 2.13. The van der Waals surface area contributed by atoms with E-state index in [0.717, 1.165) is 17.4 Å². The Kier molecular flexibility index (Phi) is 6.13. The highest BCUT2D eigenvalue weighted by Gasteiger charge is 2.27. The lowest BCUT2D eigenvalue weighted by atomic mass is 10.0. The van der Waals surface area contributed by atoms with Crippen molar-refractivity contribution in [2.24, 2.45) is 5.73 Å². The second-order valence-electron chi connectivity index (χ2n) is 4.56. The molecule has 17 heavy (non-hydrogen) atoms. The van der Waals surface area contributed by atoms with Crippen molar-refractivity contribution in [2.75, 3.05) is 6.54 Å². The first kappa shape index (κ1) is 15.2. The van der Waals surface area contributed by atoms with Crippen molar-refractivity contribution >= 4 is 27.3 Å². The zero-order valence-corrected chi connectivity index (χ0v) is 13.5. The predicted molar refractivity (Wildman–Crippen MR) is 80.5 cm³/mol. The number of nitrogens with two attached hydrogens (primary N) is 1. The molecular weight excluding hydrogens is 296 g/mol. The molecule has 0 aromatic carbocycles. The molecular formula is C13H23BrN2S. The van der Waals surface area contributed by atoms with Crippen LogP contribution in [0.25, 0.3) is 0 Å². The van der Waals surface area contributed by atoms with Crippen molar-refractivity contribution in [3.05, 3.63) is 20.8 Å². The lowest BCUT2D eigenvalue weighted by Gasteiger charge is -2.37. The quantitative estimate of drug-likeness (QED) is 0.858. The molecule has 0 fully saturated rings. The molecule has 1 heterocycles. The van der Waals surface area contributed by atoms with Crippen LogP contribution in [0.15, 0.2) is 15.9 Å². The maximum absolute atomic E-state index is 6.20. The first-order chi connectivity index (χ1) is 8.01. The van der Waals surface area contributed by atoms with Gasteiger partial charge in [-0.05, 0) is 48.8 Å². The molecule has 4 heteroatoms. The van der Waals surface area contributed by atoms with Gasteiger partial charge in [0.15, 0.2) is 0 Å². The topological polar surface area (TPSA) is 29.3 Å². The van der Waals surface area contributed by atoms with Crippen LogP contribution in [0.3, 0.4) is 0 Å². The van der Waals surface area contributed by atoms with Crippen LogP contribution in [0, 0.1) is 0 Å². The van der Waals surface area contributed by atoms with Crippen LogP contribution in [0.4, 0.5) is 0 Å². The van der Waals surface area contributed by atoms with E-state index in [9.17, 15) is 0 Å². The summed E-state index contributed by atoms with van der Waals surface area (Å²) in [4.78, 5) is 3.86. The van der Waals surface area contributed by atoms with E-state index in [0.29, 0.717) is 12.1 Å². The van der Waals surface area contributed by atoms with Crippen LogP contribution in [0.5, 0.6) is 0 Å². The minimum atomic E-state index is 0.148. The van der Waals surface area contributed by atoms with Gasteiger partial charge >= 0.3 is 0 Å². The first-order valence-electron chi connectivity index (χ1n) is 6.26. The molecule has 0 spiro atoms. The van der Waals surface area contributed by atoms with Gasteiger partial charge < -0.3 is 5.73 Å². The fourth-order valence-electron chi connectivity index (χ4n) is 2.22. The van der Waals surface area contributed by atoms with Crippen LogP contribution in [-0.2, 0) is 0 Å². The Bertz CT molecular complexity index is 338. The lowest BCUT2D eigenvalue weighted by Crippen LogP contribution is -2.43. The number of halogens is 1. The van der Waals surface area contributed by atoms with Gasteiger partial charge in [0.2, 0.25) is 0 Å². The molecule has 0 saturated heterocycles. The number of hydrogen-bond acceptors (Lipinski definition) is 3. The molecule has 3 atom stereocenters. The Hall–Kier alpha value is 0.1000. The van der Waals surface area contributed by atoms with Gasteiger partial charge in [-0.2, -0.15) is 0 Å². The van der Waals surface area contributed by atoms with E-state index >= 15 is 0 Å². The second-order valence-corrected chi connectivity index (χ2v) is 6.42. The van der Waals surface area contributed by atoms with Crippen molar-refractivity contribution in [1.29, 1.82) is 0 Å². The normalized spacial score (nSPS) is 17.1. The van der Waals surface area contributed by atoms with Crippen LogP contribution in [0.2, 0.25) is 0 Å². The molecule has 2 N–H and O–H groups in total. The first-order valence-corrected chi connectivity index (χ1v) is 7.93. The standard InChI is InChI=1S/C13H23BrN2S/c1-5-9(3)16(6-2)13(10(4)15)12-7-11(14)8-17-12/h7-10,13H,5-6,15H2,1-4H3. The van der Waals surface area contributed by atoms with Gasteiger partial charge in [0.05, 0.1) is 6.04 Å². The van der Waals surface area contributed by atoms with Crippen LogP contribution in [0.1, 0.15) is 45.0 Å². The molecule has 1 rings (SSSR count). The molecule has 1 aromatic rings. The van der Waals surface area contributed by atoms with E-state index in [1.165, 1.54) is 4.88 Å². The van der Waals surface area contributed by atoms with E-state index in [2.05, 4.69) is 60.0 Å². The largest absolute Gasteiger partial charge is 0.326 e. The number of hydrogen-bond donors (Lipinski definition) is 1. The Morgan fingerprint density at radius 2 is 2.06 bits per heavy atom. The Balaban J connectivity index is 2.99. The Morgan fingerprint density at radius 3 is 2.41 bits per heavy atom. The molecule has 0 saturated carbocycles. The summed E-state index contributed by atoms with van der Waals surface area (Å²) in [5.74, 6) is 0. The highest BCUT2D eigenvalue weighted by atomic mass is 79.9. The fraction of sp³-hybridized carbons (Fsp3) is 0.692. The summed E-state index contributed by atoms with van der Waals surface area (Å²) < 4.78 is 1.16. The zero-order valence-electron chi connectivity index (χ0n) is 11.1. The van der Waals surface area contributed by atoms with Crippen molar-refractivity contribution in [1.82, 2.24) is 4.90 Å². The van der Waals surface area contributed by atoms with Crippen molar-refractivity contribution in [2.45, 2.75) is 52.2 Å². The van der Waals surface area contributed by atoms with Crippen LogP contribution < -0.4 is 5.73 Å². The molecule has 0 aliphatic rings. The van der Waals surface area contributed by atoms with Crippen molar-refractivity contribution in [3.63, 3.8) is 0 Å². The second kappa shape index (κ2) is 6.88. The van der Waals surface area contributed by atoms with E-state index in [1.807, 2.05) is 0 Å². The molecule has 0 amide bonds. The van der Waals surface area contributed by atoms with Crippen LogP contribution in [-0.4, -0.2) is 23.5 Å². The van der Waals surface area contributed by atoms with Gasteiger partial charge in [-0.1, -0.05) is 13.8 Å². The number of likely N-dealkylation sites (N-methyl/N-ethyl adjacent to an activating group) is 1. The van der Waals surface area contributed by atoms with Gasteiger partial charge in [-0.15, -0.1) is 11.3 Å². The number of nitrogens with zero attached hydrogens (tertiary/aromatic N) is 1. The minimum absolute atomic E-state index is 0.148. The summed E-state index contributed by atoms with van der Waals surface area (Å²) in [6.45, 7) is 9.86. The fourth-order valence-corrected chi connectivity index (χ4v) is 3.90. The summed E-state index contributed by atoms with van der Waals surface area (Å²) >= 11 is 5.31. The lowest BCUT2D eigenvalue weighted by molar-refractivity contribution is 0.133. The number of rotatable bonds is 6. The average Bonchev–Trinajstić information content (AvgIpc) is 2.70. The monoisotopic (exact) mass is 318 g/mol. The summed E-state index contributed by atoms with van der Waals surface area (Å²) in [6, 6.07) is 3.24. The molecule has 0 aliphatic carbocycles. The average molecular weight is 319 g/mol. The van der Waals surface area contributed by atoms with Gasteiger partial charge in [-0.3, -0.25) is 4.90 Å². The highest BCUT2D eigenvalue weighted by Crippen LogP contribution is 2.32. The van der Waals surface area contributed by atoms with E-state index in [4.69, 9.17) is 5.73 Å². The van der Waals surface area contributed by atoms with Gasteiger partial charge in [-0.25, -0.2) is 0 Å². The highest BCUT2D eigenvalue weighted by molar-refractivity contribution is 9.10. The molecule has 0 radical (unpaired) electrons. The van der Waals surface area contributed by atoms with Gasteiger partial charge in [0, 0.05) is 26.8 Å². The minimum Gasteiger partial charge on any atom is -0.326 e. The Labute approximate surface area is 117 Å². The molecule has 0 aliphatic heterocycles. The third-order valence-electron chi connectivity index (χ3n) is 3.26. The van der Waals surface area contributed by atoms with Gasteiger partial charge in [0.25, 0.3) is 0 Å². The van der Waals surface area contributed by atoms with Crippen LogP contribution >= 0.6 is 27.3 Å². The maximum Gasteiger partial charge on any atom is 0.0593 e. The van der Waals surface area contributed by atoms with Crippen molar-refractivity contribution < 1.29 is 0 Å². The van der Waals surface area contributed by atoms with E-state index in [1.54, 1.807) is 11.3 Å². The number of thiophene rings is 1. The summed E-state index contributed by atoms with van der Waals surface area (Å²) in [5.41, 5.74) is 6.20. The van der Waals surface area contributed by atoms with E-state index in [-0.39, 0.29) is 6.04 Å². The molecule has 98 valence electrons. The predicted octanol–water partition coefficient (Wildman–Crippen LogP) is 4.02. The SMILES string of the molecule is CCC(C)N(CC)C(c1cc(Br)cs1)C(C)N. The molecule has 0 bridgehead atoms. The molecule has 1 aromatic heterocycles. The van der Waals surface area contributed by atoms with Crippen molar-refractivity contribution in [3.8, 4) is 0 Å². The van der Waals surface area contributed by atoms with Gasteiger partial charge in [0.1, 0.15) is 0 Å².